The van der Waals surface area contributed by atoms with Gasteiger partial charge in [0.2, 0.25) is 11.6 Å². The number of oxazole rings is 1. The first-order valence-corrected chi connectivity index (χ1v) is 7.08. The first-order chi connectivity index (χ1) is 10.3. The van der Waals surface area contributed by atoms with Crippen LogP contribution in [0, 0.1) is 5.82 Å². The maximum absolute atomic E-state index is 13.0. The van der Waals surface area contributed by atoms with Crippen molar-refractivity contribution in [2.45, 2.75) is 12.8 Å². The van der Waals surface area contributed by atoms with Crippen molar-refractivity contribution in [2.75, 3.05) is 18.0 Å². The van der Waals surface area contributed by atoms with Crippen molar-refractivity contribution in [3.63, 3.8) is 0 Å². The average molecular weight is 283 g/mol. The summed E-state index contributed by atoms with van der Waals surface area (Å²) in [6, 6.07) is 10.0. The number of nitrogens with zero attached hydrogens (tertiary/aromatic N) is 3. The molecule has 21 heavy (non-hydrogen) atoms. The molecule has 0 radical (unpaired) electrons. The molecule has 0 saturated carbocycles. The summed E-state index contributed by atoms with van der Waals surface area (Å²) in [5, 5.41) is 0. The fourth-order valence-corrected chi connectivity index (χ4v) is 2.65. The number of rotatable bonds is 2. The third-order valence-electron chi connectivity index (χ3n) is 3.76. The molecule has 0 amide bonds. The van der Waals surface area contributed by atoms with Crippen molar-refractivity contribution in [2.24, 2.45) is 0 Å². The van der Waals surface area contributed by atoms with E-state index in [9.17, 15) is 4.39 Å². The van der Waals surface area contributed by atoms with Gasteiger partial charge in [-0.15, -0.1) is 0 Å². The van der Waals surface area contributed by atoms with Crippen molar-refractivity contribution >= 4 is 17.0 Å². The quantitative estimate of drug-likeness (QED) is 0.720. The maximum Gasteiger partial charge on any atom is 0.249 e. The summed E-state index contributed by atoms with van der Waals surface area (Å²) >= 11 is 0. The van der Waals surface area contributed by atoms with Gasteiger partial charge in [-0.3, -0.25) is 0 Å². The van der Waals surface area contributed by atoms with Gasteiger partial charge in [-0.05, 0) is 49.2 Å². The highest BCUT2D eigenvalue weighted by molar-refractivity contribution is 5.74. The van der Waals surface area contributed by atoms with Gasteiger partial charge in [-0.25, -0.2) is 9.37 Å². The summed E-state index contributed by atoms with van der Waals surface area (Å²) in [7, 11) is 0. The van der Waals surface area contributed by atoms with Crippen LogP contribution in [0.3, 0.4) is 0 Å². The maximum atomic E-state index is 13.0. The van der Waals surface area contributed by atoms with Crippen LogP contribution >= 0.6 is 0 Å². The molecule has 1 fully saturated rings. The van der Waals surface area contributed by atoms with E-state index in [-0.39, 0.29) is 5.82 Å². The standard InChI is InChI=1S/C16H14FN3O/c17-12-5-3-11(4-6-12)15-18-13-7-8-14(19-16(13)21-15)20-9-1-2-10-20/h3-8H,1-2,9-10H2. The SMILES string of the molecule is Fc1ccc(-c2nc3ccc(N4CCCC4)nc3o2)cc1. The van der Waals surface area contributed by atoms with E-state index in [2.05, 4.69) is 14.9 Å². The number of benzene rings is 1. The smallest absolute Gasteiger partial charge is 0.249 e. The Bertz CT molecular complexity index is 776. The highest BCUT2D eigenvalue weighted by Gasteiger charge is 2.16. The van der Waals surface area contributed by atoms with Gasteiger partial charge in [0.1, 0.15) is 17.2 Å². The average Bonchev–Trinajstić information content (AvgIpc) is 3.16. The molecule has 3 heterocycles. The molecule has 5 heteroatoms. The van der Waals surface area contributed by atoms with E-state index >= 15 is 0 Å². The molecule has 4 nitrogen and oxygen atoms in total. The number of aromatic nitrogens is 2. The fourth-order valence-electron chi connectivity index (χ4n) is 2.65. The lowest BCUT2D eigenvalue weighted by atomic mass is 10.2. The normalized spacial score (nSPS) is 15.0. The van der Waals surface area contributed by atoms with Crippen LogP contribution in [0.4, 0.5) is 10.2 Å². The Balaban J connectivity index is 1.73. The van der Waals surface area contributed by atoms with Gasteiger partial charge in [0.05, 0.1) is 0 Å². The predicted molar refractivity (Wildman–Crippen MR) is 78.6 cm³/mol. The van der Waals surface area contributed by atoms with Crippen LogP contribution in [-0.2, 0) is 0 Å². The molecule has 1 aliphatic rings. The highest BCUT2D eigenvalue weighted by atomic mass is 19.1. The minimum absolute atomic E-state index is 0.274. The lowest BCUT2D eigenvalue weighted by molar-refractivity contribution is 0.605. The molecule has 0 bridgehead atoms. The van der Waals surface area contributed by atoms with Crippen LogP contribution in [0.15, 0.2) is 40.8 Å². The van der Waals surface area contributed by atoms with Gasteiger partial charge in [-0.1, -0.05) is 0 Å². The van der Waals surface area contributed by atoms with E-state index < -0.39 is 0 Å². The topological polar surface area (TPSA) is 42.2 Å². The Labute approximate surface area is 121 Å². The van der Waals surface area contributed by atoms with E-state index in [4.69, 9.17) is 4.42 Å². The molecular formula is C16H14FN3O. The third kappa shape index (κ3) is 2.24. The zero-order valence-corrected chi connectivity index (χ0v) is 11.4. The van der Waals surface area contributed by atoms with Gasteiger partial charge < -0.3 is 9.32 Å². The van der Waals surface area contributed by atoms with Crippen LogP contribution in [0.1, 0.15) is 12.8 Å². The molecule has 106 valence electrons. The number of fused-ring (bicyclic) bond motifs is 1. The lowest BCUT2D eigenvalue weighted by Gasteiger charge is -2.15. The largest absolute Gasteiger partial charge is 0.418 e. The van der Waals surface area contributed by atoms with Gasteiger partial charge in [0.25, 0.3) is 0 Å². The van der Waals surface area contributed by atoms with Crippen molar-refractivity contribution in [3.8, 4) is 11.5 Å². The number of hydrogen-bond acceptors (Lipinski definition) is 4. The molecule has 1 saturated heterocycles. The minimum atomic E-state index is -0.274. The van der Waals surface area contributed by atoms with Gasteiger partial charge in [0, 0.05) is 18.7 Å². The van der Waals surface area contributed by atoms with Crippen LogP contribution in [0.25, 0.3) is 22.7 Å². The van der Waals surface area contributed by atoms with Gasteiger partial charge in [-0.2, -0.15) is 4.98 Å². The van der Waals surface area contributed by atoms with E-state index in [1.54, 1.807) is 12.1 Å². The first-order valence-electron chi connectivity index (χ1n) is 7.08. The summed E-state index contributed by atoms with van der Waals surface area (Å²) in [5.74, 6) is 1.13. The van der Waals surface area contributed by atoms with E-state index in [1.165, 1.54) is 25.0 Å². The number of pyridine rings is 1. The molecule has 2 aromatic heterocycles. The Morgan fingerprint density at radius 3 is 2.48 bits per heavy atom. The molecule has 0 spiro atoms. The van der Waals surface area contributed by atoms with Gasteiger partial charge >= 0.3 is 0 Å². The van der Waals surface area contributed by atoms with Crippen LogP contribution in [0.5, 0.6) is 0 Å². The number of anilines is 1. The van der Waals surface area contributed by atoms with E-state index in [1.807, 2.05) is 12.1 Å². The molecule has 0 aliphatic carbocycles. The van der Waals surface area contributed by atoms with Crippen LogP contribution < -0.4 is 4.90 Å². The Morgan fingerprint density at radius 2 is 1.71 bits per heavy atom. The van der Waals surface area contributed by atoms with Crippen molar-refractivity contribution in [1.82, 2.24) is 9.97 Å². The monoisotopic (exact) mass is 283 g/mol. The Morgan fingerprint density at radius 1 is 0.952 bits per heavy atom. The van der Waals surface area contributed by atoms with E-state index in [0.29, 0.717) is 11.6 Å². The van der Waals surface area contributed by atoms with Crippen molar-refractivity contribution < 1.29 is 8.81 Å². The number of halogens is 1. The second-order valence-corrected chi connectivity index (χ2v) is 5.21. The third-order valence-corrected chi connectivity index (χ3v) is 3.76. The zero-order valence-electron chi connectivity index (χ0n) is 11.4. The lowest BCUT2D eigenvalue weighted by Crippen LogP contribution is -2.18. The van der Waals surface area contributed by atoms with Crippen LogP contribution in [-0.4, -0.2) is 23.1 Å². The Kier molecular flexibility index (Phi) is 2.84. The molecular weight excluding hydrogens is 269 g/mol. The predicted octanol–water partition coefficient (Wildman–Crippen LogP) is 3.63. The molecule has 0 atom stereocenters. The molecule has 4 rings (SSSR count). The Hall–Kier alpha value is -2.43. The second kappa shape index (κ2) is 4.84. The summed E-state index contributed by atoms with van der Waals surface area (Å²) in [4.78, 5) is 11.2. The molecule has 1 aliphatic heterocycles. The summed E-state index contributed by atoms with van der Waals surface area (Å²) in [6.45, 7) is 2.08. The fraction of sp³-hybridized carbons (Fsp3) is 0.250. The second-order valence-electron chi connectivity index (χ2n) is 5.21. The molecule has 3 aromatic rings. The van der Waals surface area contributed by atoms with Crippen LogP contribution in [0.2, 0.25) is 0 Å². The zero-order chi connectivity index (χ0) is 14.2. The van der Waals surface area contributed by atoms with E-state index in [0.717, 1.165) is 30.0 Å². The summed E-state index contributed by atoms with van der Waals surface area (Å²) in [5.41, 5.74) is 1.99. The number of hydrogen-bond donors (Lipinski definition) is 0. The summed E-state index contributed by atoms with van der Waals surface area (Å²) < 4.78 is 18.7. The van der Waals surface area contributed by atoms with Crippen molar-refractivity contribution in [1.29, 1.82) is 0 Å². The van der Waals surface area contributed by atoms with Crippen molar-refractivity contribution in [3.05, 3.63) is 42.2 Å². The molecule has 0 unspecified atom stereocenters. The summed E-state index contributed by atoms with van der Waals surface area (Å²) in [6.07, 6.45) is 2.41. The van der Waals surface area contributed by atoms with Gasteiger partial charge in [0.15, 0.2) is 0 Å². The minimum Gasteiger partial charge on any atom is -0.418 e. The molecule has 0 N–H and O–H groups in total. The highest BCUT2D eigenvalue weighted by Crippen LogP contribution is 2.26. The molecule has 1 aromatic carbocycles. The first kappa shape index (κ1) is 12.3.